The molecule has 0 saturated carbocycles. The number of halogens is 1. The molecule has 1 fully saturated rings. The third kappa shape index (κ3) is 4.13. The van der Waals surface area contributed by atoms with Crippen LogP contribution >= 0.6 is 11.6 Å². The minimum Gasteiger partial charge on any atom is -0.497 e. The highest BCUT2D eigenvalue weighted by atomic mass is 35.5. The topological polar surface area (TPSA) is 65.8 Å². The Morgan fingerprint density at radius 2 is 2.03 bits per heavy atom. The summed E-state index contributed by atoms with van der Waals surface area (Å²) in [6.07, 6.45) is 1.49. The molecule has 0 spiro atoms. The molecule has 2 heterocycles. The van der Waals surface area contributed by atoms with Gasteiger partial charge in [-0.1, -0.05) is 18.5 Å². The largest absolute Gasteiger partial charge is 0.497 e. The molecular weight excluding hydrogens is 394 g/mol. The van der Waals surface area contributed by atoms with E-state index >= 15 is 0 Å². The van der Waals surface area contributed by atoms with Crippen molar-refractivity contribution in [3.8, 4) is 17.1 Å². The third-order valence-electron chi connectivity index (χ3n) is 5.45. The molecule has 1 aliphatic heterocycles. The van der Waals surface area contributed by atoms with Crippen molar-refractivity contribution in [2.45, 2.75) is 31.9 Å². The van der Waals surface area contributed by atoms with Crippen molar-refractivity contribution in [1.82, 2.24) is 9.55 Å². The van der Waals surface area contributed by atoms with Gasteiger partial charge in [-0.05, 0) is 31.0 Å². The predicted molar refractivity (Wildman–Crippen MR) is 114 cm³/mol. The van der Waals surface area contributed by atoms with Crippen LogP contribution in [0.3, 0.4) is 0 Å². The minimum atomic E-state index is -0.100. The zero-order chi connectivity index (χ0) is 21.1. The summed E-state index contributed by atoms with van der Waals surface area (Å²) in [6, 6.07) is 5.43. The normalized spacial score (nSPS) is 19.0. The number of hydrogen-bond donors (Lipinski definition) is 0. The van der Waals surface area contributed by atoms with E-state index in [9.17, 15) is 4.79 Å². The molecule has 0 unspecified atom stereocenters. The zero-order valence-corrected chi connectivity index (χ0v) is 18.3. The van der Waals surface area contributed by atoms with Gasteiger partial charge in [-0.15, -0.1) is 0 Å². The Labute approximate surface area is 176 Å². The Morgan fingerprint density at radius 1 is 1.28 bits per heavy atom. The van der Waals surface area contributed by atoms with Crippen LogP contribution in [0.4, 0.5) is 5.69 Å². The molecule has 158 valence electrons. The standard InChI is InChI=1S/C21H28ClN3O4/c1-6-18-19(25-11-15(29-5)9-13(25)12-27-3)21(26)24(2)20(23-18)16-8-7-14(28-4)10-17(16)22/h7-8,10,13,15H,6,9,11-12H2,1-5H3/t13-,15+/m0/s1. The predicted octanol–water partition coefficient (Wildman–Crippen LogP) is 2.91. The molecule has 0 aliphatic carbocycles. The quantitative estimate of drug-likeness (QED) is 0.684. The summed E-state index contributed by atoms with van der Waals surface area (Å²) in [4.78, 5) is 20.4. The van der Waals surface area contributed by atoms with Gasteiger partial charge in [-0.2, -0.15) is 0 Å². The van der Waals surface area contributed by atoms with Crippen molar-refractivity contribution in [3.63, 3.8) is 0 Å². The van der Waals surface area contributed by atoms with E-state index in [-0.39, 0.29) is 17.7 Å². The Bertz CT molecular complexity index is 931. The SMILES string of the molecule is CCc1nc(-c2ccc(OC)cc2Cl)n(C)c(=O)c1N1C[C@H](OC)C[C@H]1COC. The zero-order valence-electron chi connectivity index (χ0n) is 17.6. The van der Waals surface area contributed by atoms with Gasteiger partial charge in [0.25, 0.3) is 5.56 Å². The molecule has 1 saturated heterocycles. The van der Waals surface area contributed by atoms with Crippen molar-refractivity contribution in [2.24, 2.45) is 7.05 Å². The van der Waals surface area contributed by atoms with Gasteiger partial charge in [0.15, 0.2) is 0 Å². The summed E-state index contributed by atoms with van der Waals surface area (Å²) in [7, 11) is 6.68. The maximum atomic E-state index is 13.4. The molecule has 0 N–H and O–H groups in total. The van der Waals surface area contributed by atoms with Gasteiger partial charge in [-0.25, -0.2) is 4.98 Å². The van der Waals surface area contributed by atoms with Gasteiger partial charge < -0.3 is 19.1 Å². The number of hydrogen-bond acceptors (Lipinski definition) is 6. The van der Waals surface area contributed by atoms with Gasteiger partial charge in [0.2, 0.25) is 0 Å². The van der Waals surface area contributed by atoms with E-state index < -0.39 is 0 Å². The smallest absolute Gasteiger partial charge is 0.277 e. The lowest BCUT2D eigenvalue weighted by Gasteiger charge is -2.28. The molecule has 7 nitrogen and oxygen atoms in total. The maximum Gasteiger partial charge on any atom is 0.277 e. The second kappa shape index (κ2) is 9.15. The van der Waals surface area contributed by atoms with Crippen LogP contribution in [0.15, 0.2) is 23.0 Å². The van der Waals surface area contributed by atoms with Crippen LogP contribution in [0.5, 0.6) is 5.75 Å². The Balaban J connectivity index is 2.12. The number of ether oxygens (including phenoxy) is 3. The van der Waals surface area contributed by atoms with Crippen LogP contribution in [-0.2, 0) is 22.9 Å². The lowest BCUT2D eigenvalue weighted by molar-refractivity contribution is 0.111. The van der Waals surface area contributed by atoms with E-state index in [4.69, 9.17) is 30.8 Å². The second-order valence-corrected chi connectivity index (χ2v) is 7.56. The number of aryl methyl sites for hydroxylation is 1. The Kier molecular flexibility index (Phi) is 6.82. The van der Waals surface area contributed by atoms with Gasteiger partial charge in [0, 0.05) is 33.4 Å². The lowest BCUT2D eigenvalue weighted by Crippen LogP contribution is -2.40. The summed E-state index contributed by atoms with van der Waals surface area (Å²) in [6.45, 7) is 3.16. The number of benzene rings is 1. The van der Waals surface area contributed by atoms with Gasteiger partial charge >= 0.3 is 0 Å². The van der Waals surface area contributed by atoms with E-state index in [1.807, 2.05) is 19.1 Å². The fourth-order valence-electron chi connectivity index (χ4n) is 3.88. The molecule has 2 aromatic rings. The average Bonchev–Trinajstić information content (AvgIpc) is 3.12. The van der Waals surface area contributed by atoms with E-state index in [0.29, 0.717) is 47.4 Å². The van der Waals surface area contributed by atoms with Crippen molar-refractivity contribution in [1.29, 1.82) is 0 Å². The van der Waals surface area contributed by atoms with E-state index in [1.165, 1.54) is 0 Å². The first-order valence-electron chi connectivity index (χ1n) is 9.67. The molecule has 1 aliphatic rings. The summed E-state index contributed by atoms with van der Waals surface area (Å²) in [5.74, 6) is 1.19. The van der Waals surface area contributed by atoms with Crippen molar-refractivity contribution in [3.05, 3.63) is 39.3 Å². The van der Waals surface area contributed by atoms with Crippen LogP contribution in [-0.4, -0.2) is 56.2 Å². The molecule has 3 rings (SSSR count). The first kappa shape index (κ1) is 21.6. The Morgan fingerprint density at radius 3 is 2.62 bits per heavy atom. The molecule has 0 radical (unpaired) electrons. The second-order valence-electron chi connectivity index (χ2n) is 7.15. The molecule has 0 amide bonds. The van der Waals surface area contributed by atoms with Crippen molar-refractivity contribution in [2.75, 3.05) is 39.4 Å². The first-order valence-corrected chi connectivity index (χ1v) is 10.0. The summed E-state index contributed by atoms with van der Waals surface area (Å²) in [5.41, 5.74) is 1.95. The molecule has 8 heteroatoms. The number of aromatic nitrogens is 2. The highest BCUT2D eigenvalue weighted by molar-refractivity contribution is 6.33. The molecule has 0 bridgehead atoms. The minimum absolute atomic E-state index is 0.0558. The number of rotatable bonds is 7. The van der Waals surface area contributed by atoms with Crippen LogP contribution < -0.4 is 15.2 Å². The molecule has 1 aromatic heterocycles. The third-order valence-corrected chi connectivity index (χ3v) is 5.76. The van der Waals surface area contributed by atoms with E-state index in [0.717, 1.165) is 12.1 Å². The van der Waals surface area contributed by atoms with Crippen molar-refractivity contribution >= 4 is 17.3 Å². The van der Waals surface area contributed by atoms with Gasteiger partial charge in [0.05, 0.1) is 36.6 Å². The van der Waals surface area contributed by atoms with Gasteiger partial charge in [-0.3, -0.25) is 9.36 Å². The lowest BCUT2D eigenvalue weighted by atomic mass is 10.1. The fraction of sp³-hybridized carbons (Fsp3) is 0.524. The van der Waals surface area contributed by atoms with Crippen LogP contribution in [0.25, 0.3) is 11.4 Å². The molecule has 1 aromatic carbocycles. The van der Waals surface area contributed by atoms with Crippen LogP contribution in [0.2, 0.25) is 5.02 Å². The van der Waals surface area contributed by atoms with Crippen LogP contribution in [0.1, 0.15) is 19.0 Å². The van der Waals surface area contributed by atoms with Gasteiger partial charge in [0.1, 0.15) is 17.3 Å². The average molecular weight is 422 g/mol. The summed E-state index contributed by atoms with van der Waals surface area (Å²) in [5, 5.41) is 0.486. The fourth-order valence-corrected chi connectivity index (χ4v) is 4.14. The molecular formula is C21H28ClN3O4. The maximum absolute atomic E-state index is 13.4. The highest BCUT2D eigenvalue weighted by Crippen LogP contribution is 2.32. The molecule has 2 atom stereocenters. The number of anilines is 1. The Hall–Kier alpha value is -2.09. The monoisotopic (exact) mass is 421 g/mol. The van der Waals surface area contributed by atoms with E-state index in [1.54, 1.807) is 39.0 Å². The first-order chi connectivity index (χ1) is 13.9. The highest BCUT2D eigenvalue weighted by Gasteiger charge is 2.35. The number of nitrogens with zero attached hydrogens (tertiary/aromatic N) is 3. The molecule has 29 heavy (non-hydrogen) atoms. The number of methoxy groups -OCH3 is 3. The van der Waals surface area contributed by atoms with Crippen LogP contribution in [0, 0.1) is 0 Å². The summed E-state index contributed by atoms with van der Waals surface area (Å²) >= 11 is 6.45. The summed E-state index contributed by atoms with van der Waals surface area (Å²) < 4.78 is 17.7. The van der Waals surface area contributed by atoms with E-state index in [2.05, 4.69) is 4.90 Å². The van der Waals surface area contributed by atoms with Crippen molar-refractivity contribution < 1.29 is 14.2 Å².